The molecule has 1 saturated carbocycles. The minimum Gasteiger partial charge on any atom is -0.399 e. The Bertz CT molecular complexity index is 487. The third kappa shape index (κ3) is 5.93. The standard InChI is InChI=1S/C16H23N3O2.ClH/c17-14-7-5-12(6-8-14)11-15(20)18-9-2-10-19-16(21)13-3-1-4-13;/h5-8,13H,1-4,9-11,17H2,(H,18,20)(H,19,21);1H. The zero-order valence-electron chi connectivity index (χ0n) is 12.6. The van der Waals surface area contributed by atoms with E-state index in [-0.39, 0.29) is 30.1 Å². The van der Waals surface area contributed by atoms with Crippen LogP contribution in [0.2, 0.25) is 0 Å². The second kappa shape index (κ2) is 9.30. The van der Waals surface area contributed by atoms with Crippen LogP contribution in [0.4, 0.5) is 5.69 Å². The number of anilines is 1. The lowest BCUT2D eigenvalue weighted by atomic mass is 9.85. The number of rotatable bonds is 7. The number of hydrogen-bond acceptors (Lipinski definition) is 3. The third-order valence-corrected chi connectivity index (χ3v) is 3.80. The number of nitrogens with one attached hydrogen (secondary N) is 2. The fourth-order valence-electron chi connectivity index (χ4n) is 2.23. The summed E-state index contributed by atoms with van der Waals surface area (Å²) in [6, 6.07) is 7.29. The number of benzene rings is 1. The van der Waals surface area contributed by atoms with Crippen molar-refractivity contribution in [1.29, 1.82) is 0 Å². The lowest BCUT2D eigenvalue weighted by molar-refractivity contribution is -0.127. The van der Waals surface area contributed by atoms with E-state index in [2.05, 4.69) is 10.6 Å². The molecule has 0 saturated heterocycles. The molecule has 0 aromatic heterocycles. The first kappa shape index (κ1) is 18.3. The maximum absolute atomic E-state index is 11.7. The molecule has 2 rings (SSSR count). The van der Waals surface area contributed by atoms with E-state index in [1.807, 2.05) is 12.1 Å². The van der Waals surface area contributed by atoms with Crippen molar-refractivity contribution in [2.45, 2.75) is 32.1 Å². The predicted molar refractivity (Wildman–Crippen MR) is 89.8 cm³/mol. The van der Waals surface area contributed by atoms with Gasteiger partial charge in [-0.1, -0.05) is 18.6 Å². The molecule has 1 aliphatic rings. The molecule has 0 spiro atoms. The van der Waals surface area contributed by atoms with Crippen molar-refractivity contribution in [3.63, 3.8) is 0 Å². The van der Waals surface area contributed by atoms with Crippen LogP contribution in [0.5, 0.6) is 0 Å². The summed E-state index contributed by atoms with van der Waals surface area (Å²) in [5.74, 6) is 0.379. The van der Waals surface area contributed by atoms with Crippen LogP contribution in [-0.2, 0) is 16.0 Å². The number of halogens is 1. The highest BCUT2D eigenvalue weighted by atomic mass is 35.5. The van der Waals surface area contributed by atoms with E-state index in [9.17, 15) is 9.59 Å². The molecule has 0 atom stereocenters. The molecule has 1 aromatic rings. The van der Waals surface area contributed by atoms with Crippen LogP contribution in [0.25, 0.3) is 0 Å². The van der Waals surface area contributed by atoms with Crippen molar-refractivity contribution in [2.75, 3.05) is 18.8 Å². The first-order chi connectivity index (χ1) is 10.1. The molecule has 0 radical (unpaired) electrons. The van der Waals surface area contributed by atoms with Gasteiger partial charge in [0.05, 0.1) is 6.42 Å². The highest BCUT2D eigenvalue weighted by molar-refractivity contribution is 5.85. The SMILES string of the molecule is Cl.Nc1ccc(CC(=O)NCCCNC(=O)C2CCC2)cc1. The Morgan fingerprint density at radius 3 is 2.32 bits per heavy atom. The largest absolute Gasteiger partial charge is 0.399 e. The van der Waals surface area contributed by atoms with Gasteiger partial charge in [0, 0.05) is 24.7 Å². The van der Waals surface area contributed by atoms with Crippen LogP contribution in [-0.4, -0.2) is 24.9 Å². The van der Waals surface area contributed by atoms with Crippen molar-refractivity contribution in [3.8, 4) is 0 Å². The maximum Gasteiger partial charge on any atom is 0.224 e. The molecule has 4 N–H and O–H groups in total. The third-order valence-electron chi connectivity index (χ3n) is 3.80. The zero-order valence-corrected chi connectivity index (χ0v) is 13.5. The minimum absolute atomic E-state index is 0. The molecule has 1 fully saturated rings. The van der Waals surface area contributed by atoms with Crippen LogP contribution >= 0.6 is 12.4 Å². The van der Waals surface area contributed by atoms with Gasteiger partial charge in [-0.25, -0.2) is 0 Å². The Morgan fingerprint density at radius 1 is 1.09 bits per heavy atom. The predicted octanol–water partition coefficient (Wildman–Crippen LogP) is 1.66. The minimum atomic E-state index is -0.00918. The van der Waals surface area contributed by atoms with Crippen LogP contribution in [0, 0.1) is 5.92 Å². The Hall–Kier alpha value is -1.75. The topological polar surface area (TPSA) is 84.2 Å². The molecule has 6 heteroatoms. The number of carbonyl (C=O) groups excluding carboxylic acids is 2. The van der Waals surface area contributed by atoms with Gasteiger partial charge in [-0.3, -0.25) is 9.59 Å². The zero-order chi connectivity index (χ0) is 15.1. The molecule has 2 amide bonds. The summed E-state index contributed by atoms with van der Waals surface area (Å²) in [4.78, 5) is 23.3. The van der Waals surface area contributed by atoms with Gasteiger partial charge in [0.15, 0.2) is 0 Å². The van der Waals surface area contributed by atoms with Crippen LogP contribution in [0.3, 0.4) is 0 Å². The molecule has 22 heavy (non-hydrogen) atoms. The number of nitrogens with two attached hydrogens (primary N) is 1. The summed E-state index contributed by atoms with van der Waals surface area (Å²) in [5, 5.41) is 5.77. The fraction of sp³-hybridized carbons (Fsp3) is 0.500. The molecule has 0 heterocycles. The summed E-state index contributed by atoms with van der Waals surface area (Å²) in [6.07, 6.45) is 4.31. The first-order valence-electron chi connectivity index (χ1n) is 7.54. The van der Waals surface area contributed by atoms with Gasteiger partial charge < -0.3 is 16.4 Å². The van der Waals surface area contributed by atoms with Crippen molar-refractivity contribution in [3.05, 3.63) is 29.8 Å². The van der Waals surface area contributed by atoms with Gasteiger partial charge in [0.1, 0.15) is 0 Å². The molecular weight excluding hydrogens is 302 g/mol. The van der Waals surface area contributed by atoms with Crippen LogP contribution in [0.1, 0.15) is 31.2 Å². The second-order valence-corrected chi connectivity index (χ2v) is 5.54. The van der Waals surface area contributed by atoms with E-state index in [1.165, 1.54) is 6.42 Å². The van der Waals surface area contributed by atoms with Gasteiger partial charge in [-0.05, 0) is 37.0 Å². The van der Waals surface area contributed by atoms with Gasteiger partial charge in [-0.2, -0.15) is 0 Å². The Balaban J connectivity index is 0.00000242. The molecule has 0 unspecified atom stereocenters. The Morgan fingerprint density at radius 2 is 1.73 bits per heavy atom. The van der Waals surface area contributed by atoms with E-state index < -0.39 is 0 Å². The molecule has 1 aromatic carbocycles. The summed E-state index contributed by atoms with van der Waals surface area (Å²) >= 11 is 0. The highest BCUT2D eigenvalue weighted by Gasteiger charge is 2.24. The van der Waals surface area contributed by atoms with Crippen LogP contribution in [0.15, 0.2) is 24.3 Å². The molecule has 5 nitrogen and oxygen atoms in total. The average molecular weight is 326 g/mol. The Labute approximate surface area is 137 Å². The average Bonchev–Trinajstić information content (AvgIpc) is 2.39. The van der Waals surface area contributed by atoms with E-state index >= 15 is 0 Å². The van der Waals surface area contributed by atoms with Crippen molar-refractivity contribution in [2.24, 2.45) is 5.92 Å². The summed E-state index contributed by atoms with van der Waals surface area (Å²) < 4.78 is 0. The number of amides is 2. The van der Waals surface area contributed by atoms with E-state index in [0.717, 1.165) is 24.8 Å². The highest BCUT2D eigenvalue weighted by Crippen LogP contribution is 2.25. The van der Waals surface area contributed by atoms with E-state index in [4.69, 9.17) is 5.73 Å². The molecule has 1 aliphatic carbocycles. The normalized spacial score (nSPS) is 13.6. The molecule has 122 valence electrons. The summed E-state index contributed by atoms with van der Waals surface area (Å²) in [6.45, 7) is 1.20. The quantitative estimate of drug-likeness (QED) is 0.526. The summed E-state index contributed by atoms with van der Waals surface area (Å²) in [5.41, 5.74) is 7.24. The molecule has 0 bridgehead atoms. The van der Waals surface area contributed by atoms with Crippen molar-refractivity contribution in [1.82, 2.24) is 10.6 Å². The maximum atomic E-state index is 11.7. The van der Waals surface area contributed by atoms with Crippen molar-refractivity contribution >= 4 is 29.9 Å². The Kier molecular flexibility index (Phi) is 7.74. The number of hydrogen-bond donors (Lipinski definition) is 3. The summed E-state index contributed by atoms with van der Waals surface area (Å²) in [7, 11) is 0. The monoisotopic (exact) mass is 325 g/mol. The van der Waals surface area contributed by atoms with Gasteiger partial charge >= 0.3 is 0 Å². The van der Waals surface area contributed by atoms with Gasteiger partial charge in [0.2, 0.25) is 11.8 Å². The van der Waals surface area contributed by atoms with E-state index in [1.54, 1.807) is 12.1 Å². The fourth-order valence-corrected chi connectivity index (χ4v) is 2.23. The lowest BCUT2D eigenvalue weighted by Crippen LogP contribution is -2.36. The first-order valence-corrected chi connectivity index (χ1v) is 7.54. The van der Waals surface area contributed by atoms with E-state index in [0.29, 0.717) is 25.2 Å². The van der Waals surface area contributed by atoms with Gasteiger partial charge in [-0.15, -0.1) is 12.4 Å². The smallest absolute Gasteiger partial charge is 0.224 e. The lowest BCUT2D eigenvalue weighted by Gasteiger charge is -2.23. The van der Waals surface area contributed by atoms with Crippen LogP contribution < -0.4 is 16.4 Å². The molecule has 0 aliphatic heterocycles. The van der Waals surface area contributed by atoms with Crippen molar-refractivity contribution < 1.29 is 9.59 Å². The number of carbonyl (C=O) groups is 2. The number of nitrogen functional groups attached to an aromatic ring is 1. The second-order valence-electron chi connectivity index (χ2n) is 5.54. The van der Waals surface area contributed by atoms with Gasteiger partial charge in [0.25, 0.3) is 0 Å². The molecular formula is C16H24ClN3O2.